The Bertz CT molecular complexity index is 1200. The number of aliphatic hydroxyl groups excluding tert-OH is 1. The lowest BCUT2D eigenvalue weighted by Crippen LogP contribution is -2.51. The van der Waals surface area contributed by atoms with Crippen LogP contribution in [0.15, 0.2) is 48.5 Å². The van der Waals surface area contributed by atoms with Crippen molar-refractivity contribution >= 4 is 27.3 Å². The van der Waals surface area contributed by atoms with Crippen LogP contribution in [0.5, 0.6) is 0 Å². The van der Waals surface area contributed by atoms with Gasteiger partial charge in [-0.15, -0.1) is 0 Å². The van der Waals surface area contributed by atoms with Crippen LogP contribution in [0.3, 0.4) is 0 Å². The average molecular weight is 543 g/mol. The van der Waals surface area contributed by atoms with Crippen molar-refractivity contribution in [2.75, 3.05) is 35.0 Å². The largest absolute Gasteiger partial charge is 0.390 e. The first-order valence-corrected chi connectivity index (χ1v) is 15.4. The lowest BCUT2D eigenvalue weighted by atomic mass is 9.98. The van der Waals surface area contributed by atoms with Crippen molar-refractivity contribution in [3.63, 3.8) is 0 Å². The molecule has 8 nitrogen and oxygen atoms in total. The van der Waals surface area contributed by atoms with E-state index >= 15 is 0 Å². The number of hydrogen-bond donors (Lipinski definition) is 4. The standard InChI is InChI=1S/C29H42N4O4S/c1-4-30-24-17-23(18-25(19-24)33-14-8-9-15-38(33,36)37)28(35)32-26(16-22-10-6-5-7-11-22)27(34)20-31-29(12-13-29)21(2)3/h5-7,10-11,17-19,21,26-27,30-31,34H,4,8-9,12-16,20H2,1-3H3,(H,32,35)/t26-,27+/m0/s1. The Hall–Kier alpha value is -2.62. The van der Waals surface area contributed by atoms with Crippen molar-refractivity contribution in [3.8, 4) is 0 Å². The zero-order valence-corrected chi connectivity index (χ0v) is 23.6. The number of benzene rings is 2. The Morgan fingerprint density at radius 1 is 1.11 bits per heavy atom. The lowest BCUT2D eigenvalue weighted by molar-refractivity contribution is 0.0817. The summed E-state index contributed by atoms with van der Waals surface area (Å²) in [6.07, 6.45) is 3.28. The number of nitrogens with zero attached hydrogens (tertiary/aromatic N) is 1. The molecule has 2 aliphatic rings. The summed E-state index contributed by atoms with van der Waals surface area (Å²) >= 11 is 0. The van der Waals surface area contributed by atoms with Gasteiger partial charge in [0, 0.05) is 36.4 Å². The van der Waals surface area contributed by atoms with E-state index in [4.69, 9.17) is 0 Å². The van der Waals surface area contributed by atoms with Crippen molar-refractivity contribution in [1.29, 1.82) is 0 Å². The Labute approximate surface area is 227 Å². The van der Waals surface area contributed by atoms with Crippen molar-refractivity contribution in [2.45, 2.75) is 70.6 Å². The summed E-state index contributed by atoms with van der Waals surface area (Å²) < 4.78 is 27.0. The molecule has 9 heteroatoms. The third kappa shape index (κ3) is 6.87. The molecule has 1 aliphatic heterocycles. The van der Waals surface area contributed by atoms with E-state index in [1.54, 1.807) is 18.2 Å². The number of nitrogens with one attached hydrogen (secondary N) is 3. The number of sulfonamides is 1. The van der Waals surface area contributed by atoms with Crippen molar-refractivity contribution < 1.29 is 18.3 Å². The van der Waals surface area contributed by atoms with Crippen LogP contribution in [-0.4, -0.2) is 62.5 Å². The summed E-state index contributed by atoms with van der Waals surface area (Å²) in [5.74, 6) is 0.233. The van der Waals surface area contributed by atoms with Gasteiger partial charge in [-0.05, 0) is 68.7 Å². The smallest absolute Gasteiger partial charge is 0.251 e. The lowest BCUT2D eigenvalue weighted by Gasteiger charge is -2.30. The number of aliphatic hydroxyl groups is 1. The van der Waals surface area contributed by atoms with E-state index in [-0.39, 0.29) is 17.2 Å². The first-order chi connectivity index (χ1) is 18.1. The van der Waals surface area contributed by atoms with E-state index in [0.717, 1.165) is 24.8 Å². The molecule has 0 radical (unpaired) electrons. The molecule has 4 N–H and O–H groups in total. The van der Waals surface area contributed by atoms with Gasteiger partial charge in [0.15, 0.2) is 0 Å². The fourth-order valence-corrected chi connectivity index (χ4v) is 6.84. The van der Waals surface area contributed by atoms with Crippen molar-refractivity contribution in [1.82, 2.24) is 10.6 Å². The summed E-state index contributed by atoms with van der Waals surface area (Å²) in [5.41, 5.74) is 2.62. The zero-order chi connectivity index (χ0) is 27.3. The van der Waals surface area contributed by atoms with Gasteiger partial charge in [0.05, 0.1) is 23.6 Å². The van der Waals surface area contributed by atoms with Crippen LogP contribution < -0.4 is 20.3 Å². The van der Waals surface area contributed by atoms with Crippen molar-refractivity contribution in [3.05, 3.63) is 59.7 Å². The Morgan fingerprint density at radius 3 is 2.47 bits per heavy atom. The highest BCUT2D eigenvalue weighted by Gasteiger charge is 2.45. The van der Waals surface area contributed by atoms with E-state index in [1.165, 1.54) is 4.31 Å². The normalized spacial score (nSPS) is 19.6. The Kier molecular flexibility index (Phi) is 9.00. The predicted molar refractivity (Wildman–Crippen MR) is 153 cm³/mol. The van der Waals surface area contributed by atoms with Crippen molar-refractivity contribution in [2.24, 2.45) is 5.92 Å². The molecule has 1 saturated carbocycles. The number of anilines is 2. The molecule has 2 aromatic carbocycles. The molecular weight excluding hydrogens is 500 g/mol. The SMILES string of the molecule is CCNc1cc(C(=O)N[C@@H](Cc2ccccc2)[C@H](O)CNC2(C(C)C)CC2)cc(N2CCCCS2(=O)=O)c1. The fraction of sp³-hybridized carbons (Fsp3) is 0.552. The van der Waals surface area contributed by atoms with Gasteiger partial charge in [0.25, 0.3) is 5.91 Å². The maximum Gasteiger partial charge on any atom is 0.251 e. The van der Waals surface area contributed by atoms with E-state index in [2.05, 4.69) is 29.8 Å². The molecule has 0 aromatic heterocycles. The highest BCUT2D eigenvalue weighted by Crippen LogP contribution is 2.42. The molecule has 2 fully saturated rings. The third-order valence-corrected chi connectivity index (χ3v) is 9.70. The molecule has 0 bridgehead atoms. The number of hydrogen-bond acceptors (Lipinski definition) is 6. The summed E-state index contributed by atoms with van der Waals surface area (Å²) in [4.78, 5) is 13.6. The van der Waals surface area contributed by atoms with E-state index < -0.39 is 22.2 Å². The zero-order valence-electron chi connectivity index (χ0n) is 22.7. The van der Waals surface area contributed by atoms with Gasteiger partial charge in [-0.25, -0.2) is 8.42 Å². The van der Waals surface area contributed by atoms with Crippen LogP contribution in [0.25, 0.3) is 0 Å². The van der Waals surface area contributed by atoms with Gasteiger partial charge >= 0.3 is 0 Å². The van der Waals surface area contributed by atoms with Crippen LogP contribution >= 0.6 is 0 Å². The quantitative estimate of drug-likeness (QED) is 0.327. The summed E-state index contributed by atoms with van der Waals surface area (Å²) in [6, 6.07) is 14.4. The minimum absolute atomic E-state index is 0.0667. The first kappa shape index (κ1) is 28.4. The number of β-amino-alcohol motifs (C(OH)–C–C–N with tert-alkyl or cyclic N) is 1. The third-order valence-electron chi connectivity index (χ3n) is 7.83. The summed E-state index contributed by atoms with van der Waals surface area (Å²) in [5, 5.41) is 21.1. The minimum atomic E-state index is -3.42. The van der Waals surface area contributed by atoms with E-state index in [1.807, 2.05) is 37.3 Å². The molecule has 4 rings (SSSR count). The first-order valence-electron chi connectivity index (χ1n) is 13.8. The number of rotatable bonds is 12. The molecular formula is C29H42N4O4S. The van der Waals surface area contributed by atoms with Crippen LogP contribution in [0.2, 0.25) is 0 Å². The second-order valence-corrected chi connectivity index (χ2v) is 12.9. The minimum Gasteiger partial charge on any atom is -0.390 e. The Morgan fingerprint density at radius 2 is 1.84 bits per heavy atom. The average Bonchev–Trinajstić information content (AvgIpc) is 3.69. The molecule has 1 aliphatic carbocycles. The van der Waals surface area contributed by atoms with E-state index in [9.17, 15) is 18.3 Å². The fourth-order valence-electron chi connectivity index (χ4n) is 5.22. The van der Waals surface area contributed by atoms with Gasteiger partial charge in [-0.1, -0.05) is 44.2 Å². The molecule has 1 saturated heterocycles. The maximum absolute atomic E-state index is 13.6. The molecule has 38 heavy (non-hydrogen) atoms. The monoisotopic (exact) mass is 542 g/mol. The molecule has 0 spiro atoms. The van der Waals surface area contributed by atoms with Crippen LogP contribution in [0, 0.1) is 5.92 Å². The van der Waals surface area contributed by atoms with Crippen LogP contribution in [-0.2, 0) is 16.4 Å². The van der Waals surface area contributed by atoms with Gasteiger partial charge in [-0.2, -0.15) is 0 Å². The second kappa shape index (κ2) is 12.1. The van der Waals surface area contributed by atoms with Gasteiger partial charge in [0.1, 0.15) is 0 Å². The second-order valence-electron chi connectivity index (χ2n) is 10.9. The molecule has 2 aromatic rings. The predicted octanol–water partition coefficient (Wildman–Crippen LogP) is 3.53. The molecule has 208 valence electrons. The van der Waals surface area contributed by atoms with Crippen LogP contribution in [0.1, 0.15) is 62.4 Å². The summed E-state index contributed by atoms with van der Waals surface area (Å²) in [6.45, 7) is 7.74. The molecule has 1 amide bonds. The Balaban J connectivity index is 1.57. The highest BCUT2D eigenvalue weighted by atomic mass is 32.2. The van der Waals surface area contributed by atoms with E-state index in [0.29, 0.717) is 55.3 Å². The number of amides is 1. The molecule has 2 atom stereocenters. The topological polar surface area (TPSA) is 111 Å². The highest BCUT2D eigenvalue weighted by molar-refractivity contribution is 7.92. The molecule has 0 unspecified atom stereocenters. The maximum atomic E-state index is 13.6. The molecule has 1 heterocycles. The van der Waals surface area contributed by atoms with Gasteiger partial charge in [-0.3, -0.25) is 9.10 Å². The number of carbonyl (C=O) groups is 1. The van der Waals surface area contributed by atoms with Crippen LogP contribution in [0.4, 0.5) is 11.4 Å². The summed E-state index contributed by atoms with van der Waals surface area (Å²) in [7, 11) is -3.42. The van der Waals surface area contributed by atoms with Gasteiger partial charge < -0.3 is 21.1 Å². The number of carbonyl (C=O) groups excluding carboxylic acids is 1. The van der Waals surface area contributed by atoms with Gasteiger partial charge in [0.2, 0.25) is 10.0 Å².